The van der Waals surface area contributed by atoms with Crippen molar-refractivity contribution in [1.82, 2.24) is 15.0 Å². The Balaban J connectivity index is 1.34. The maximum Gasteiger partial charge on any atom is 0.339 e. The Bertz CT molecular complexity index is 1280. The van der Waals surface area contributed by atoms with Gasteiger partial charge in [0, 0.05) is 7.05 Å². The van der Waals surface area contributed by atoms with E-state index in [4.69, 9.17) is 14.0 Å². The van der Waals surface area contributed by atoms with Crippen LogP contribution in [0.25, 0.3) is 10.2 Å². The molecule has 0 aliphatic carbocycles. The summed E-state index contributed by atoms with van der Waals surface area (Å²) in [6, 6.07) is 14.5. The number of esters is 1. The Hall–Kier alpha value is -3.72. The quantitative estimate of drug-likeness (QED) is 0.339. The van der Waals surface area contributed by atoms with Crippen LogP contribution in [0.5, 0.6) is 5.75 Å². The van der Waals surface area contributed by atoms with Crippen LogP contribution in [-0.2, 0) is 22.7 Å². The smallest absolute Gasteiger partial charge is 0.339 e. The molecule has 1 unspecified atom stereocenters. The van der Waals surface area contributed by atoms with E-state index in [1.807, 2.05) is 38.1 Å². The maximum absolute atomic E-state index is 12.8. The fourth-order valence-corrected chi connectivity index (χ4v) is 4.45. The van der Waals surface area contributed by atoms with Crippen molar-refractivity contribution in [2.45, 2.75) is 40.0 Å². The maximum atomic E-state index is 12.8. The second kappa shape index (κ2) is 10.0. The van der Waals surface area contributed by atoms with Crippen LogP contribution in [0, 0.1) is 13.8 Å². The van der Waals surface area contributed by atoms with E-state index >= 15 is 0 Å². The van der Waals surface area contributed by atoms with E-state index in [9.17, 15) is 9.59 Å². The molecule has 1 atom stereocenters. The molecule has 2 heterocycles. The van der Waals surface area contributed by atoms with Crippen molar-refractivity contribution in [3.05, 3.63) is 76.1 Å². The number of hydrogen-bond donors (Lipinski definition) is 0. The number of hydrogen-bond acceptors (Lipinski definition) is 8. The number of fused-ring (bicyclic) bond motifs is 1. The number of rotatable bonds is 8. The first-order chi connectivity index (χ1) is 16.3. The number of ether oxygens (including phenoxy) is 2. The summed E-state index contributed by atoms with van der Waals surface area (Å²) >= 11 is 1.54. The van der Waals surface area contributed by atoms with E-state index in [-0.39, 0.29) is 12.5 Å². The van der Waals surface area contributed by atoms with Crippen molar-refractivity contribution < 1.29 is 23.6 Å². The Morgan fingerprint density at radius 1 is 1.15 bits per heavy atom. The van der Waals surface area contributed by atoms with Crippen LogP contribution in [0.2, 0.25) is 0 Å². The van der Waals surface area contributed by atoms with Gasteiger partial charge in [-0.15, -0.1) is 11.3 Å². The highest BCUT2D eigenvalue weighted by Gasteiger charge is 2.23. The largest absolute Gasteiger partial charge is 0.489 e. The molecule has 0 radical (unpaired) electrons. The summed E-state index contributed by atoms with van der Waals surface area (Å²) in [5.41, 5.74) is 2.82. The number of likely N-dealkylation sites (N-methyl/N-ethyl adjacent to an activating group) is 1. The Kier molecular flexibility index (Phi) is 6.93. The lowest BCUT2D eigenvalue weighted by Crippen LogP contribution is -2.37. The lowest BCUT2D eigenvalue weighted by Gasteiger charge is -2.20. The Morgan fingerprint density at radius 3 is 2.68 bits per heavy atom. The molecule has 0 N–H and O–H groups in total. The fraction of sp³-hybridized carbons (Fsp3) is 0.280. The van der Waals surface area contributed by atoms with Gasteiger partial charge in [-0.05, 0) is 51.1 Å². The van der Waals surface area contributed by atoms with Crippen molar-refractivity contribution in [1.29, 1.82) is 0 Å². The molecule has 1 amide bonds. The van der Waals surface area contributed by atoms with Crippen LogP contribution in [0.15, 0.2) is 53.1 Å². The second-order valence-electron chi connectivity index (χ2n) is 7.94. The number of carbonyl (C=O) groups excluding carboxylic acids is 2. The zero-order valence-corrected chi connectivity index (χ0v) is 20.2. The number of amides is 1. The molecule has 0 aliphatic rings. The molecule has 0 saturated heterocycles. The number of para-hydroxylation sites is 1. The zero-order chi connectivity index (χ0) is 24.2. The van der Waals surface area contributed by atoms with Crippen molar-refractivity contribution in [3.63, 3.8) is 0 Å². The summed E-state index contributed by atoms with van der Waals surface area (Å²) in [5, 5.41) is 4.72. The zero-order valence-electron chi connectivity index (χ0n) is 19.4. The van der Waals surface area contributed by atoms with Crippen LogP contribution in [0.1, 0.15) is 39.3 Å². The molecular weight excluding hydrogens is 454 g/mol. The molecular formula is C25H25N3O5S. The molecule has 4 rings (SSSR count). The van der Waals surface area contributed by atoms with Gasteiger partial charge in [0.25, 0.3) is 5.91 Å². The first-order valence-corrected chi connectivity index (χ1v) is 11.6. The van der Waals surface area contributed by atoms with E-state index in [1.165, 1.54) is 16.2 Å². The minimum absolute atomic E-state index is 0.269. The Morgan fingerprint density at radius 2 is 1.94 bits per heavy atom. The highest BCUT2D eigenvalue weighted by atomic mass is 32.1. The SMILES string of the molecule is Cc1noc(C)c1COc1cccc(C(=O)OC(C)C(=O)N(C)Cc2nc3ccccc3s2)c1. The van der Waals surface area contributed by atoms with Crippen LogP contribution in [-0.4, -0.2) is 40.1 Å². The number of nitrogens with zero attached hydrogens (tertiary/aromatic N) is 3. The molecule has 2 aromatic heterocycles. The molecule has 4 aromatic rings. The molecule has 0 fully saturated rings. The second-order valence-corrected chi connectivity index (χ2v) is 9.05. The van der Waals surface area contributed by atoms with Crippen molar-refractivity contribution in [2.24, 2.45) is 0 Å². The summed E-state index contributed by atoms with van der Waals surface area (Å²) in [6.07, 6.45) is -0.946. The van der Waals surface area contributed by atoms with Gasteiger partial charge in [0.15, 0.2) is 6.10 Å². The number of benzene rings is 2. The van der Waals surface area contributed by atoms with Crippen LogP contribution in [0.3, 0.4) is 0 Å². The predicted octanol–water partition coefficient (Wildman–Crippen LogP) is 4.68. The van der Waals surface area contributed by atoms with Crippen LogP contribution >= 0.6 is 11.3 Å². The lowest BCUT2D eigenvalue weighted by molar-refractivity contribution is -0.139. The Labute approximate surface area is 201 Å². The van der Waals surface area contributed by atoms with E-state index in [1.54, 1.807) is 38.2 Å². The summed E-state index contributed by atoms with van der Waals surface area (Å²) in [5.74, 6) is 0.284. The third-order valence-corrected chi connectivity index (χ3v) is 6.37. The first-order valence-electron chi connectivity index (χ1n) is 10.8. The molecule has 9 heteroatoms. The van der Waals surface area contributed by atoms with Gasteiger partial charge < -0.3 is 18.9 Å². The van der Waals surface area contributed by atoms with Crippen molar-refractivity contribution >= 4 is 33.4 Å². The normalized spacial score (nSPS) is 11.9. The molecule has 176 valence electrons. The van der Waals surface area contributed by atoms with E-state index in [2.05, 4.69) is 10.1 Å². The summed E-state index contributed by atoms with van der Waals surface area (Å²) < 4.78 is 17.4. The molecule has 0 aliphatic heterocycles. The predicted molar refractivity (Wildman–Crippen MR) is 128 cm³/mol. The highest BCUT2D eigenvalue weighted by Crippen LogP contribution is 2.23. The minimum atomic E-state index is -0.946. The van der Waals surface area contributed by atoms with Gasteiger partial charge in [-0.3, -0.25) is 4.79 Å². The fourth-order valence-electron chi connectivity index (χ4n) is 3.43. The van der Waals surface area contributed by atoms with Gasteiger partial charge in [0.1, 0.15) is 23.1 Å². The monoisotopic (exact) mass is 479 g/mol. The van der Waals surface area contributed by atoms with Gasteiger partial charge in [-0.1, -0.05) is 23.4 Å². The van der Waals surface area contributed by atoms with Crippen LogP contribution < -0.4 is 4.74 Å². The van der Waals surface area contributed by atoms with E-state index in [0.717, 1.165) is 26.5 Å². The van der Waals surface area contributed by atoms with E-state index < -0.39 is 12.1 Å². The standard InChI is InChI=1S/C25H25N3O5S/c1-15-20(16(2)33-27-15)14-31-19-9-7-8-18(12-19)25(30)32-17(3)24(29)28(4)13-23-26-21-10-5-6-11-22(21)34-23/h5-12,17H,13-14H2,1-4H3. The summed E-state index contributed by atoms with van der Waals surface area (Å²) in [6.45, 7) is 5.83. The molecule has 2 aromatic carbocycles. The van der Waals surface area contributed by atoms with Gasteiger partial charge in [-0.2, -0.15) is 0 Å². The average Bonchev–Trinajstić information content (AvgIpc) is 3.38. The molecule has 0 bridgehead atoms. The third-order valence-electron chi connectivity index (χ3n) is 5.35. The molecule has 0 saturated carbocycles. The molecule has 0 spiro atoms. The number of aromatic nitrogens is 2. The number of aryl methyl sites for hydroxylation is 2. The van der Waals surface area contributed by atoms with Gasteiger partial charge in [0.2, 0.25) is 0 Å². The molecule has 8 nitrogen and oxygen atoms in total. The average molecular weight is 480 g/mol. The first kappa shape index (κ1) is 23.4. The van der Waals surface area contributed by atoms with Crippen molar-refractivity contribution in [2.75, 3.05) is 7.05 Å². The number of carbonyl (C=O) groups is 2. The van der Waals surface area contributed by atoms with Crippen molar-refractivity contribution in [3.8, 4) is 5.75 Å². The van der Waals surface area contributed by atoms with Gasteiger partial charge >= 0.3 is 5.97 Å². The minimum Gasteiger partial charge on any atom is -0.489 e. The molecule has 34 heavy (non-hydrogen) atoms. The summed E-state index contributed by atoms with van der Waals surface area (Å²) in [4.78, 5) is 31.5. The summed E-state index contributed by atoms with van der Waals surface area (Å²) in [7, 11) is 1.67. The van der Waals surface area contributed by atoms with Gasteiger partial charge in [-0.25, -0.2) is 9.78 Å². The number of thiazole rings is 1. The van der Waals surface area contributed by atoms with E-state index in [0.29, 0.717) is 23.6 Å². The van der Waals surface area contributed by atoms with Crippen LogP contribution in [0.4, 0.5) is 0 Å². The lowest BCUT2D eigenvalue weighted by atomic mass is 10.2. The third kappa shape index (κ3) is 5.26. The topological polar surface area (TPSA) is 94.8 Å². The van der Waals surface area contributed by atoms with Gasteiger partial charge in [0.05, 0.1) is 33.6 Å². The highest BCUT2D eigenvalue weighted by molar-refractivity contribution is 7.18.